The van der Waals surface area contributed by atoms with Gasteiger partial charge in [0, 0.05) is 12.1 Å². The summed E-state index contributed by atoms with van der Waals surface area (Å²) in [6, 6.07) is 4.40. The number of nitrogens with one attached hydrogen (secondary N) is 1. The molecule has 0 aliphatic rings. The molecule has 3 nitrogen and oxygen atoms in total. The fraction of sp³-hybridized carbons (Fsp3) is 0.188. The van der Waals surface area contributed by atoms with Gasteiger partial charge in [0.15, 0.2) is 0 Å². The van der Waals surface area contributed by atoms with E-state index >= 15 is 0 Å². The number of amides is 1. The van der Waals surface area contributed by atoms with Crippen molar-refractivity contribution in [1.82, 2.24) is 5.32 Å². The summed E-state index contributed by atoms with van der Waals surface area (Å²) in [4.78, 5) is 12.0. The van der Waals surface area contributed by atoms with Gasteiger partial charge in [0.25, 0.3) is 5.91 Å². The Balaban J connectivity index is 2.31. The van der Waals surface area contributed by atoms with Crippen LogP contribution in [0.4, 0.5) is 22.0 Å². The molecule has 8 heteroatoms. The van der Waals surface area contributed by atoms with Crippen LogP contribution in [-0.2, 0) is 6.18 Å². The molecule has 2 N–H and O–H groups in total. The first-order valence-corrected chi connectivity index (χ1v) is 6.76. The molecule has 0 bridgehead atoms. The Bertz CT molecular complexity index is 750. The minimum Gasteiger partial charge on any atom is -0.507 e. The summed E-state index contributed by atoms with van der Waals surface area (Å²) < 4.78 is 65.5. The standard InChI is InChI=1S/C16H12F5NO2/c1-8(10-4-2-3-5-11(10)16(19,20)21)22-15(24)14-12(18)6-9(17)7-13(14)23/h2-8,23H,1H3,(H,22,24)/t8-/m0/s1. The van der Waals surface area contributed by atoms with Crippen LogP contribution in [0.25, 0.3) is 0 Å². The molecule has 1 atom stereocenters. The van der Waals surface area contributed by atoms with E-state index in [1.165, 1.54) is 25.1 Å². The maximum Gasteiger partial charge on any atom is 0.416 e. The number of halogens is 5. The summed E-state index contributed by atoms with van der Waals surface area (Å²) in [5.74, 6) is -4.51. The van der Waals surface area contributed by atoms with Crippen LogP contribution in [0.1, 0.15) is 34.5 Å². The van der Waals surface area contributed by atoms with Gasteiger partial charge in [-0.2, -0.15) is 13.2 Å². The molecule has 128 valence electrons. The zero-order chi connectivity index (χ0) is 18.1. The van der Waals surface area contributed by atoms with E-state index in [1.807, 2.05) is 0 Å². The Morgan fingerprint density at radius 3 is 2.38 bits per heavy atom. The van der Waals surface area contributed by atoms with E-state index in [1.54, 1.807) is 0 Å². The molecule has 0 unspecified atom stereocenters. The Labute approximate surface area is 133 Å². The molecular formula is C16H12F5NO2. The van der Waals surface area contributed by atoms with Crippen LogP contribution in [0.15, 0.2) is 36.4 Å². The van der Waals surface area contributed by atoms with Crippen molar-refractivity contribution >= 4 is 5.91 Å². The fourth-order valence-electron chi connectivity index (χ4n) is 2.26. The smallest absolute Gasteiger partial charge is 0.416 e. The van der Waals surface area contributed by atoms with Crippen LogP contribution in [0.5, 0.6) is 5.75 Å². The van der Waals surface area contributed by atoms with E-state index in [0.29, 0.717) is 12.1 Å². The first-order valence-electron chi connectivity index (χ1n) is 6.76. The molecular weight excluding hydrogens is 333 g/mol. The van der Waals surface area contributed by atoms with Crippen LogP contribution >= 0.6 is 0 Å². The molecule has 0 saturated heterocycles. The molecule has 24 heavy (non-hydrogen) atoms. The predicted octanol–water partition coefficient (Wildman–Crippen LogP) is 4.18. The second-order valence-electron chi connectivity index (χ2n) is 5.06. The molecule has 2 aromatic rings. The summed E-state index contributed by atoms with van der Waals surface area (Å²) in [5, 5.41) is 11.7. The molecule has 0 fully saturated rings. The van der Waals surface area contributed by atoms with Gasteiger partial charge in [-0.3, -0.25) is 4.79 Å². The number of rotatable bonds is 3. The van der Waals surface area contributed by atoms with Crippen molar-refractivity contribution in [1.29, 1.82) is 0 Å². The molecule has 0 aliphatic heterocycles. The largest absolute Gasteiger partial charge is 0.507 e. The SMILES string of the molecule is C[C@H](NC(=O)c1c(O)cc(F)cc1F)c1ccccc1C(F)(F)F. The van der Waals surface area contributed by atoms with Gasteiger partial charge in [0.1, 0.15) is 22.9 Å². The number of carbonyl (C=O) groups excluding carboxylic acids is 1. The Hall–Kier alpha value is -2.64. The van der Waals surface area contributed by atoms with Crippen LogP contribution in [0.2, 0.25) is 0 Å². The number of phenols is 1. The lowest BCUT2D eigenvalue weighted by Gasteiger charge is -2.20. The van der Waals surface area contributed by atoms with Gasteiger partial charge in [-0.1, -0.05) is 18.2 Å². The van der Waals surface area contributed by atoms with Crippen molar-refractivity contribution in [3.63, 3.8) is 0 Å². The fourth-order valence-corrected chi connectivity index (χ4v) is 2.26. The number of benzene rings is 2. The number of carbonyl (C=O) groups is 1. The number of alkyl halides is 3. The molecule has 0 saturated carbocycles. The van der Waals surface area contributed by atoms with E-state index in [2.05, 4.69) is 5.32 Å². The first-order chi connectivity index (χ1) is 11.1. The summed E-state index contributed by atoms with van der Waals surface area (Å²) in [6.07, 6.45) is -4.63. The highest BCUT2D eigenvalue weighted by Crippen LogP contribution is 2.34. The third-order valence-corrected chi connectivity index (χ3v) is 3.34. The van der Waals surface area contributed by atoms with Crippen molar-refractivity contribution in [3.8, 4) is 5.75 Å². The molecule has 0 aliphatic carbocycles. The summed E-state index contributed by atoms with van der Waals surface area (Å²) in [7, 11) is 0. The zero-order valence-corrected chi connectivity index (χ0v) is 12.3. The lowest BCUT2D eigenvalue weighted by molar-refractivity contribution is -0.138. The van der Waals surface area contributed by atoms with Crippen LogP contribution < -0.4 is 5.32 Å². The summed E-state index contributed by atoms with van der Waals surface area (Å²) in [5.41, 5.74) is -2.00. The van der Waals surface area contributed by atoms with E-state index in [9.17, 15) is 31.9 Å². The van der Waals surface area contributed by atoms with Gasteiger partial charge in [-0.25, -0.2) is 8.78 Å². The van der Waals surface area contributed by atoms with Crippen molar-refractivity contribution in [3.05, 3.63) is 64.7 Å². The molecule has 2 rings (SSSR count). The second kappa shape index (κ2) is 6.46. The predicted molar refractivity (Wildman–Crippen MR) is 75.3 cm³/mol. The van der Waals surface area contributed by atoms with E-state index < -0.39 is 46.6 Å². The summed E-state index contributed by atoms with van der Waals surface area (Å²) in [6.45, 7) is 1.28. The Morgan fingerprint density at radius 2 is 1.79 bits per heavy atom. The van der Waals surface area contributed by atoms with Crippen molar-refractivity contribution in [2.75, 3.05) is 0 Å². The molecule has 0 radical (unpaired) electrons. The molecule has 0 spiro atoms. The number of hydrogen-bond donors (Lipinski definition) is 2. The normalized spacial score (nSPS) is 12.8. The monoisotopic (exact) mass is 345 g/mol. The van der Waals surface area contributed by atoms with Crippen molar-refractivity contribution in [2.45, 2.75) is 19.1 Å². The van der Waals surface area contributed by atoms with Crippen molar-refractivity contribution < 1.29 is 31.9 Å². The minimum atomic E-state index is -4.63. The highest BCUT2D eigenvalue weighted by Gasteiger charge is 2.34. The zero-order valence-electron chi connectivity index (χ0n) is 12.3. The maximum atomic E-state index is 13.6. The first kappa shape index (κ1) is 17.7. The average Bonchev–Trinajstić information content (AvgIpc) is 2.45. The van der Waals surface area contributed by atoms with Crippen molar-refractivity contribution in [2.24, 2.45) is 0 Å². The summed E-state index contributed by atoms with van der Waals surface area (Å²) >= 11 is 0. The highest BCUT2D eigenvalue weighted by molar-refractivity contribution is 5.97. The van der Waals surface area contributed by atoms with Crippen LogP contribution in [0.3, 0.4) is 0 Å². The molecule has 2 aromatic carbocycles. The van der Waals surface area contributed by atoms with Gasteiger partial charge in [0.2, 0.25) is 0 Å². The molecule has 0 heterocycles. The lowest BCUT2D eigenvalue weighted by Crippen LogP contribution is -2.29. The minimum absolute atomic E-state index is 0.222. The van der Waals surface area contributed by atoms with Crippen LogP contribution in [-0.4, -0.2) is 11.0 Å². The number of phenolic OH excluding ortho intramolecular Hbond substituents is 1. The number of aromatic hydroxyl groups is 1. The molecule has 0 aromatic heterocycles. The lowest BCUT2D eigenvalue weighted by atomic mass is 10.0. The highest BCUT2D eigenvalue weighted by atomic mass is 19.4. The van der Waals surface area contributed by atoms with Gasteiger partial charge >= 0.3 is 6.18 Å². The van der Waals surface area contributed by atoms with Crippen LogP contribution in [0, 0.1) is 11.6 Å². The third kappa shape index (κ3) is 3.64. The van der Waals surface area contributed by atoms with Gasteiger partial charge < -0.3 is 10.4 Å². The Kier molecular flexibility index (Phi) is 4.77. The van der Waals surface area contributed by atoms with E-state index in [4.69, 9.17) is 0 Å². The van der Waals surface area contributed by atoms with Gasteiger partial charge in [-0.15, -0.1) is 0 Å². The molecule has 1 amide bonds. The maximum absolute atomic E-state index is 13.6. The van der Waals surface area contributed by atoms with Gasteiger partial charge in [-0.05, 0) is 18.6 Å². The average molecular weight is 345 g/mol. The third-order valence-electron chi connectivity index (χ3n) is 3.34. The van der Waals surface area contributed by atoms with E-state index in [-0.39, 0.29) is 5.56 Å². The number of hydrogen-bond acceptors (Lipinski definition) is 2. The Morgan fingerprint density at radius 1 is 1.17 bits per heavy atom. The van der Waals surface area contributed by atoms with Gasteiger partial charge in [0.05, 0.1) is 11.6 Å². The topological polar surface area (TPSA) is 49.3 Å². The quantitative estimate of drug-likeness (QED) is 0.820. The van der Waals surface area contributed by atoms with E-state index in [0.717, 1.165) is 6.07 Å². The second-order valence-corrected chi connectivity index (χ2v) is 5.06.